The van der Waals surface area contributed by atoms with Gasteiger partial charge in [-0.3, -0.25) is 14.4 Å². The number of carbonyl (C=O) groups excluding carboxylic acids is 4. The number of fused-ring (bicyclic) bond motifs is 4. The Balaban J connectivity index is 1.92. The molecule has 3 rings (SSSR count). The zero-order valence-corrected chi connectivity index (χ0v) is 29.4. The molecule has 1 aromatic carbocycles. The van der Waals surface area contributed by atoms with Gasteiger partial charge in [-0.15, -0.1) is 11.8 Å². The lowest BCUT2D eigenvalue weighted by Gasteiger charge is -2.29. The summed E-state index contributed by atoms with van der Waals surface area (Å²) < 4.78 is 11.3. The van der Waals surface area contributed by atoms with Gasteiger partial charge in [-0.1, -0.05) is 63.3 Å². The highest BCUT2D eigenvalue weighted by molar-refractivity contribution is 8.00. The average molecular weight is 684 g/mol. The summed E-state index contributed by atoms with van der Waals surface area (Å²) in [7, 11) is 1.50. The summed E-state index contributed by atoms with van der Waals surface area (Å²) in [4.78, 5) is 51.2. The van der Waals surface area contributed by atoms with Crippen molar-refractivity contribution in [3.63, 3.8) is 0 Å². The third-order valence-electron chi connectivity index (χ3n) is 8.10. The smallest absolute Gasteiger partial charge is 0.328 e. The van der Waals surface area contributed by atoms with Crippen LogP contribution in [0.5, 0.6) is 5.75 Å². The molecule has 0 saturated carbocycles. The minimum absolute atomic E-state index is 0.00918. The molecule has 0 aliphatic carbocycles. The standard InChI is InChI=1S/C36H49N3O8S/c1-21(2)17-30(40)37-24(5)36(45)47-29-16-11-9-7-8-10-14-25(46-6)18-31(41)38-27-19-28-35(48-20-32(42)39-28)26(34(27)44)15-12-13-22(3)33(43)23(29)4/h7-11,13-14,19,21,23-25,29,33,43-44H,12,15-18,20H2,1-6H3,(H,37,40)(H,38,41)(H,39,42). The van der Waals surface area contributed by atoms with E-state index in [1.165, 1.54) is 18.9 Å². The molecule has 5 unspecified atom stereocenters. The molecule has 2 heterocycles. The van der Waals surface area contributed by atoms with Crippen LogP contribution in [-0.4, -0.2) is 71.1 Å². The molecular formula is C36H49N3O8S. The Bertz CT molecular complexity index is 1450. The van der Waals surface area contributed by atoms with Crippen molar-refractivity contribution >= 4 is 46.8 Å². The Kier molecular flexibility index (Phi) is 15.0. The predicted molar refractivity (Wildman–Crippen MR) is 188 cm³/mol. The third-order valence-corrected chi connectivity index (χ3v) is 9.26. The second-order valence-corrected chi connectivity index (χ2v) is 13.6. The van der Waals surface area contributed by atoms with Crippen molar-refractivity contribution in [3.05, 3.63) is 59.7 Å². The minimum atomic E-state index is -0.956. The average Bonchev–Trinajstić information content (AvgIpc) is 3.02. The fourth-order valence-corrected chi connectivity index (χ4v) is 6.36. The van der Waals surface area contributed by atoms with Crippen molar-refractivity contribution in [2.75, 3.05) is 23.5 Å². The number of amides is 3. The number of anilines is 2. The molecule has 2 aliphatic heterocycles. The summed E-state index contributed by atoms with van der Waals surface area (Å²) >= 11 is 1.32. The Morgan fingerprint density at radius 2 is 1.79 bits per heavy atom. The number of hydrogen-bond acceptors (Lipinski definition) is 9. The van der Waals surface area contributed by atoms with E-state index in [0.717, 1.165) is 4.90 Å². The number of ether oxygens (including phenoxy) is 2. The number of nitrogens with one attached hydrogen (secondary N) is 3. The van der Waals surface area contributed by atoms with E-state index in [9.17, 15) is 29.4 Å². The largest absolute Gasteiger partial charge is 0.505 e. The minimum Gasteiger partial charge on any atom is -0.505 e. The van der Waals surface area contributed by atoms with E-state index >= 15 is 0 Å². The zero-order valence-electron chi connectivity index (χ0n) is 28.6. The lowest BCUT2D eigenvalue weighted by Crippen LogP contribution is -2.43. The van der Waals surface area contributed by atoms with Gasteiger partial charge in [-0.25, -0.2) is 4.79 Å². The van der Waals surface area contributed by atoms with Crippen molar-refractivity contribution in [3.8, 4) is 5.75 Å². The molecule has 5 N–H and O–H groups in total. The molecule has 12 heteroatoms. The van der Waals surface area contributed by atoms with E-state index in [0.29, 0.717) is 42.5 Å². The van der Waals surface area contributed by atoms with Gasteiger partial charge >= 0.3 is 5.97 Å². The van der Waals surface area contributed by atoms with Gasteiger partial charge in [0.1, 0.15) is 17.9 Å². The Hall–Kier alpha value is -3.87. The number of aromatic hydroxyl groups is 1. The van der Waals surface area contributed by atoms with E-state index in [2.05, 4.69) is 16.0 Å². The number of phenolic OH excluding ortho intramolecular Hbond substituents is 1. The van der Waals surface area contributed by atoms with Crippen LogP contribution < -0.4 is 16.0 Å². The Labute approximate surface area is 287 Å². The fourth-order valence-electron chi connectivity index (χ4n) is 5.38. The first-order valence-corrected chi connectivity index (χ1v) is 17.3. The van der Waals surface area contributed by atoms with E-state index in [4.69, 9.17) is 9.47 Å². The van der Waals surface area contributed by atoms with Gasteiger partial charge in [0, 0.05) is 36.3 Å². The molecule has 48 heavy (non-hydrogen) atoms. The highest BCUT2D eigenvalue weighted by Gasteiger charge is 2.30. The molecule has 0 spiro atoms. The maximum absolute atomic E-state index is 13.0. The number of benzene rings is 1. The van der Waals surface area contributed by atoms with E-state index in [-0.39, 0.29) is 47.3 Å². The van der Waals surface area contributed by atoms with Crippen LogP contribution in [0, 0.1) is 11.8 Å². The van der Waals surface area contributed by atoms with Gasteiger partial charge in [0.2, 0.25) is 17.7 Å². The molecule has 262 valence electrons. The number of allylic oxidation sites excluding steroid dienone is 5. The highest BCUT2D eigenvalue weighted by Crippen LogP contribution is 2.44. The number of hydrogen-bond donors (Lipinski definition) is 5. The summed E-state index contributed by atoms with van der Waals surface area (Å²) in [5, 5.41) is 30.9. The molecule has 11 nitrogen and oxygen atoms in total. The molecule has 0 fully saturated rings. The van der Waals surface area contributed by atoms with Gasteiger partial charge in [0.15, 0.2) is 0 Å². The highest BCUT2D eigenvalue weighted by atomic mass is 32.2. The molecular weight excluding hydrogens is 634 g/mol. The van der Waals surface area contributed by atoms with E-state index in [1.807, 2.05) is 32.9 Å². The second kappa shape index (κ2) is 18.6. The number of carbonyl (C=O) groups is 4. The first kappa shape index (κ1) is 38.6. The molecule has 0 radical (unpaired) electrons. The van der Waals surface area contributed by atoms with Crippen LogP contribution in [0.15, 0.2) is 59.1 Å². The SMILES string of the molecule is COC1C=CC=CC=CCC(OC(=O)C(C)NC(=O)CC(C)C)C(C)C(O)C(C)=CCCc2c(O)c(cc3c2SCC(=O)N3)NC(=O)C1. The fraction of sp³-hybridized carbons (Fsp3) is 0.500. The van der Waals surface area contributed by atoms with Gasteiger partial charge in [-0.2, -0.15) is 0 Å². The molecule has 3 amide bonds. The number of aliphatic hydroxyl groups excluding tert-OH is 1. The van der Waals surface area contributed by atoms with Crippen LogP contribution in [0.2, 0.25) is 0 Å². The van der Waals surface area contributed by atoms with Crippen LogP contribution in [-0.2, 0) is 35.1 Å². The van der Waals surface area contributed by atoms with Gasteiger partial charge in [-0.05, 0) is 44.2 Å². The molecule has 2 bridgehead atoms. The summed E-state index contributed by atoms with van der Waals surface area (Å²) in [6.45, 7) is 9.02. The van der Waals surface area contributed by atoms with Crippen molar-refractivity contribution in [1.82, 2.24) is 5.32 Å². The lowest BCUT2D eigenvalue weighted by molar-refractivity contribution is -0.156. The normalized spacial score (nSPS) is 23.2. The topological polar surface area (TPSA) is 163 Å². The van der Waals surface area contributed by atoms with Crippen LogP contribution in [0.4, 0.5) is 11.4 Å². The van der Waals surface area contributed by atoms with Crippen molar-refractivity contribution < 1.29 is 38.9 Å². The van der Waals surface area contributed by atoms with Crippen LogP contribution >= 0.6 is 11.8 Å². The third kappa shape index (κ3) is 11.4. The summed E-state index contributed by atoms with van der Waals surface area (Å²) in [6.07, 6.45) is 11.7. The van der Waals surface area contributed by atoms with Crippen molar-refractivity contribution in [2.24, 2.45) is 11.8 Å². The van der Waals surface area contributed by atoms with E-state index < -0.39 is 36.2 Å². The first-order valence-electron chi connectivity index (χ1n) is 16.3. The summed E-state index contributed by atoms with van der Waals surface area (Å²) in [5.41, 5.74) is 1.92. The number of esters is 1. The molecule has 0 aromatic heterocycles. The predicted octanol–water partition coefficient (Wildman–Crippen LogP) is 5.19. The molecule has 0 saturated heterocycles. The molecule has 1 aromatic rings. The summed E-state index contributed by atoms with van der Waals surface area (Å²) in [6, 6.07) is 0.701. The van der Waals surface area contributed by atoms with Crippen LogP contribution in [0.1, 0.15) is 65.9 Å². The monoisotopic (exact) mass is 683 g/mol. The number of thioether (sulfide) groups is 1. The van der Waals surface area contributed by atoms with Gasteiger partial charge in [0.25, 0.3) is 0 Å². The zero-order chi connectivity index (χ0) is 35.4. The number of phenols is 1. The van der Waals surface area contributed by atoms with Crippen molar-refractivity contribution in [2.45, 2.75) is 96.0 Å². The van der Waals surface area contributed by atoms with Crippen molar-refractivity contribution in [1.29, 1.82) is 0 Å². The van der Waals surface area contributed by atoms with E-state index in [1.54, 1.807) is 50.3 Å². The molecule has 5 atom stereocenters. The molecule has 2 aliphatic rings. The Morgan fingerprint density at radius 1 is 1.08 bits per heavy atom. The maximum atomic E-state index is 13.0. The first-order chi connectivity index (χ1) is 22.8. The number of aliphatic hydroxyl groups is 1. The maximum Gasteiger partial charge on any atom is 0.328 e. The number of methoxy groups -OCH3 is 1. The summed E-state index contributed by atoms with van der Waals surface area (Å²) in [5.74, 6) is -1.63. The Morgan fingerprint density at radius 3 is 2.50 bits per heavy atom. The second-order valence-electron chi connectivity index (χ2n) is 12.6. The van der Waals surface area contributed by atoms with Gasteiger partial charge < -0.3 is 35.6 Å². The van der Waals surface area contributed by atoms with Gasteiger partial charge in [0.05, 0.1) is 35.8 Å². The van der Waals surface area contributed by atoms with Crippen LogP contribution in [0.3, 0.4) is 0 Å². The number of rotatable bonds is 6. The lowest BCUT2D eigenvalue weighted by atomic mass is 9.90. The quantitative estimate of drug-likeness (QED) is 0.118. The van der Waals surface area contributed by atoms with Crippen LogP contribution in [0.25, 0.3) is 0 Å².